The molecule has 3 aromatic heterocycles. The lowest BCUT2D eigenvalue weighted by atomic mass is 9.82. The van der Waals surface area contributed by atoms with Crippen LogP contribution in [-0.4, -0.2) is 4.57 Å². The monoisotopic (exact) mass is 1390 g/mol. The average molecular weight is 1390 g/mol. The first-order chi connectivity index (χ1) is 51.6. The Balaban J connectivity index is 0.000000105. The Hall–Kier alpha value is -12.2. The van der Waals surface area contributed by atoms with Crippen LogP contribution in [0.4, 0.5) is 4.39 Å². The van der Waals surface area contributed by atoms with Gasteiger partial charge in [0.25, 0.3) is 0 Å². The fraction of sp³-hybridized carbons (Fsp3) is 0.0980. The molecule has 0 bridgehead atoms. The van der Waals surface area contributed by atoms with Crippen LogP contribution in [0.5, 0.6) is 0 Å². The normalized spacial score (nSPS) is 11.6. The number of hydrogen-bond donors (Lipinski definition) is 0. The van der Waals surface area contributed by atoms with Gasteiger partial charge >= 0.3 is 0 Å². The van der Waals surface area contributed by atoms with Crippen molar-refractivity contribution in [2.45, 2.75) is 67.7 Å². The number of hydrogen-bond acceptors (Lipinski definition) is 2. The van der Waals surface area contributed by atoms with E-state index in [0.717, 1.165) is 33.4 Å². The molecule has 518 valence electrons. The van der Waals surface area contributed by atoms with Crippen LogP contribution in [0, 0.1) is 54.3 Å². The minimum Gasteiger partial charge on any atom is -0.456 e. The molecule has 0 saturated heterocycles. The molecule has 3 heterocycles. The highest BCUT2D eigenvalue weighted by molar-refractivity contribution is 7.25. The Labute approximate surface area is 626 Å². The van der Waals surface area contributed by atoms with Gasteiger partial charge in [-0.15, -0.1) is 11.3 Å². The molecule has 19 aromatic rings. The highest BCUT2D eigenvalue weighted by Gasteiger charge is 2.35. The van der Waals surface area contributed by atoms with Crippen LogP contribution in [0.25, 0.3) is 125 Å². The Morgan fingerprint density at radius 3 is 1.56 bits per heavy atom. The number of benzene rings is 16. The second-order valence-corrected chi connectivity index (χ2v) is 29.2. The molecule has 0 atom stereocenters. The van der Waals surface area contributed by atoms with Gasteiger partial charge in [-0.05, 0) is 204 Å². The Morgan fingerprint density at radius 1 is 0.292 bits per heavy atom. The summed E-state index contributed by atoms with van der Waals surface area (Å²) in [6, 6.07) is 124. The molecule has 16 aromatic carbocycles. The third kappa shape index (κ3) is 15.5. The number of furan rings is 1. The van der Waals surface area contributed by atoms with Crippen molar-refractivity contribution in [3.8, 4) is 39.1 Å². The molecule has 20 rings (SSSR count). The summed E-state index contributed by atoms with van der Waals surface area (Å²) in [7, 11) is 0. The van der Waals surface area contributed by atoms with E-state index in [2.05, 4.69) is 333 Å². The van der Waals surface area contributed by atoms with Gasteiger partial charge in [-0.1, -0.05) is 322 Å². The number of para-hydroxylation sites is 3. The van der Waals surface area contributed by atoms with Gasteiger partial charge in [-0.3, -0.25) is 0 Å². The van der Waals surface area contributed by atoms with Crippen molar-refractivity contribution < 1.29 is 8.81 Å². The zero-order valence-electron chi connectivity index (χ0n) is 61.7. The standard InChI is InChI=1S/C19H15F.C19H15N.C16H16.C13H10O.C13H10S.2C11H10/c1-14-18(16-10-6-3-7-11-16)12-17(13-19(14)20)15-8-4-2-5-9-15;1-14-11-12-19-17(13-14)16-9-5-6-10-18(16)20(19)15-7-3-2-4-8-15;1-11-8-9-13-12-6-4-5-7-14(12)16(2,3)15(13)10-11;2*1-9-6-7-11-10-4-2-3-5-12(10)14-13(11)8-9;1-9-5-4-7-10-6-2-3-8-11(9)10;1-9-6-7-10-4-2-3-5-11(10)8-9/h2*2-13H,1H3;4-10H,1-3H3;2*2-8H,1H3;2*2-8H,1H3. The van der Waals surface area contributed by atoms with Crippen LogP contribution in [0.15, 0.2) is 362 Å². The summed E-state index contributed by atoms with van der Waals surface area (Å²) in [4.78, 5) is 0. The molecule has 2 nitrogen and oxygen atoms in total. The first-order valence-electron chi connectivity index (χ1n) is 36.5. The zero-order valence-corrected chi connectivity index (χ0v) is 62.5. The average Bonchev–Trinajstić information content (AvgIpc) is 1.59. The van der Waals surface area contributed by atoms with Gasteiger partial charge in [0, 0.05) is 52.8 Å². The maximum absolute atomic E-state index is 14.2. The van der Waals surface area contributed by atoms with Crippen LogP contribution in [-0.2, 0) is 5.41 Å². The number of thiophene rings is 1. The van der Waals surface area contributed by atoms with Crippen LogP contribution in [0.2, 0.25) is 0 Å². The fourth-order valence-electron chi connectivity index (χ4n) is 14.5. The molecule has 0 N–H and O–H groups in total. The van der Waals surface area contributed by atoms with Gasteiger partial charge in [-0.2, -0.15) is 0 Å². The van der Waals surface area contributed by atoms with Crippen LogP contribution in [0.3, 0.4) is 0 Å². The smallest absolute Gasteiger partial charge is 0.135 e. The predicted octanol–water partition coefficient (Wildman–Crippen LogP) is 29.4. The Kier molecular flexibility index (Phi) is 21.2. The largest absolute Gasteiger partial charge is 0.456 e. The summed E-state index contributed by atoms with van der Waals surface area (Å²) in [6.45, 7) is 19.2. The van der Waals surface area contributed by atoms with Gasteiger partial charge < -0.3 is 8.98 Å². The molecule has 1 aliphatic rings. The summed E-state index contributed by atoms with van der Waals surface area (Å²) >= 11 is 1.88. The maximum Gasteiger partial charge on any atom is 0.135 e. The van der Waals surface area contributed by atoms with Crippen molar-refractivity contribution in [2.75, 3.05) is 0 Å². The summed E-state index contributed by atoms with van der Waals surface area (Å²) < 4.78 is 25.1. The molecular formula is C102H86FNOS. The van der Waals surface area contributed by atoms with Crippen LogP contribution < -0.4 is 0 Å². The molecule has 106 heavy (non-hydrogen) atoms. The van der Waals surface area contributed by atoms with Gasteiger partial charge in [0.15, 0.2) is 0 Å². The lowest BCUT2D eigenvalue weighted by molar-refractivity contribution is 0.619. The van der Waals surface area contributed by atoms with E-state index in [1.165, 1.54) is 136 Å². The summed E-state index contributed by atoms with van der Waals surface area (Å²) in [5.41, 5.74) is 24.1. The summed E-state index contributed by atoms with van der Waals surface area (Å²) in [5, 5.41) is 13.1. The van der Waals surface area contributed by atoms with Gasteiger partial charge in [0.2, 0.25) is 0 Å². The van der Waals surface area contributed by atoms with Crippen molar-refractivity contribution in [3.63, 3.8) is 0 Å². The number of fused-ring (bicyclic) bond motifs is 14. The number of rotatable bonds is 3. The molecule has 0 saturated carbocycles. The second-order valence-electron chi connectivity index (χ2n) is 28.1. The number of halogens is 1. The predicted molar refractivity (Wildman–Crippen MR) is 456 cm³/mol. The molecule has 0 amide bonds. The van der Waals surface area contributed by atoms with E-state index in [-0.39, 0.29) is 11.2 Å². The van der Waals surface area contributed by atoms with Crippen molar-refractivity contribution in [1.29, 1.82) is 0 Å². The number of aryl methyl sites for hydroxylation is 6. The number of nitrogens with zero attached hydrogens (tertiary/aromatic N) is 1. The zero-order chi connectivity index (χ0) is 73.3. The minimum atomic E-state index is -0.162. The van der Waals surface area contributed by atoms with E-state index in [1.807, 2.05) is 97.1 Å². The molecule has 0 fully saturated rings. The van der Waals surface area contributed by atoms with Crippen LogP contribution in [0.1, 0.15) is 63.9 Å². The van der Waals surface area contributed by atoms with Gasteiger partial charge in [0.05, 0.1) is 11.0 Å². The lowest BCUT2D eigenvalue weighted by Crippen LogP contribution is -2.14. The third-order valence-electron chi connectivity index (χ3n) is 20.1. The molecule has 0 spiro atoms. The van der Waals surface area contributed by atoms with Crippen molar-refractivity contribution in [3.05, 3.63) is 414 Å². The Bertz CT molecular complexity index is 6150. The summed E-state index contributed by atoms with van der Waals surface area (Å²) in [5.74, 6) is -0.162. The first-order valence-corrected chi connectivity index (χ1v) is 37.3. The number of aromatic nitrogens is 1. The Morgan fingerprint density at radius 2 is 0.802 bits per heavy atom. The topological polar surface area (TPSA) is 18.1 Å². The quantitative estimate of drug-likeness (QED) is 0.172. The van der Waals surface area contributed by atoms with E-state index in [9.17, 15) is 4.39 Å². The van der Waals surface area contributed by atoms with Crippen molar-refractivity contribution in [2.24, 2.45) is 0 Å². The molecule has 4 heteroatoms. The van der Waals surface area contributed by atoms with Crippen molar-refractivity contribution in [1.82, 2.24) is 4.57 Å². The van der Waals surface area contributed by atoms with E-state index >= 15 is 0 Å². The van der Waals surface area contributed by atoms with E-state index in [0.29, 0.717) is 5.56 Å². The maximum atomic E-state index is 14.2. The molecule has 0 unspecified atom stereocenters. The van der Waals surface area contributed by atoms with Gasteiger partial charge in [-0.25, -0.2) is 4.39 Å². The highest BCUT2D eigenvalue weighted by Crippen LogP contribution is 2.49. The summed E-state index contributed by atoms with van der Waals surface area (Å²) in [6.07, 6.45) is 0. The molecular weight excluding hydrogens is 1310 g/mol. The molecule has 1 aliphatic carbocycles. The molecule has 0 radical (unpaired) electrons. The van der Waals surface area contributed by atoms with Crippen molar-refractivity contribution >= 4 is 96.8 Å². The van der Waals surface area contributed by atoms with E-state index < -0.39 is 0 Å². The highest BCUT2D eigenvalue weighted by atomic mass is 32.1. The second kappa shape index (κ2) is 31.8. The fourth-order valence-corrected chi connectivity index (χ4v) is 15.7. The SMILES string of the molecule is Cc1c(F)cc(-c2ccccc2)cc1-c1ccccc1.Cc1ccc2c(c1)C(C)(C)c1ccccc1-2.Cc1ccc2c(c1)c1ccccc1n2-c1ccccc1.Cc1ccc2c(c1)oc1ccccc12.Cc1ccc2c(c1)sc1ccccc12.Cc1ccc2ccccc2c1.Cc1cccc2ccccc12. The lowest BCUT2D eigenvalue weighted by Gasteiger charge is -2.21. The van der Waals surface area contributed by atoms with E-state index in [4.69, 9.17) is 4.42 Å². The van der Waals surface area contributed by atoms with Gasteiger partial charge in [0.1, 0.15) is 17.0 Å². The first kappa shape index (κ1) is 70.8. The van der Waals surface area contributed by atoms with E-state index in [1.54, 1.807) is 6.07 Å². The molecule has 0 aliphatic heterocycles. The third-order valence-corrected chi connectivity index (χ3v) is 21.2. The minimum absolute atomic E-state index is 0.151. The van der Waals surface area contributed by atoms with Crippen LogP contribution >= 0.6 is 11.3 Å².